The number of hydrogen-bond donors (Lipinski definition) is 1. The van der Waals surface area contributed by atoms with E-state index in [2.05, 4.69) is 31.3 Å². The van der Waals surface area contributed by atoms with E-state index in [-0.39, 0.29) is 24.4 Å². The van der Waals surface area contributed by atoms with Crippen LogP contribution in [0.3, 0.4) is 0 Å². The Morgan fingerprint density at radius 2 is 1.67 bits per heavy atom. The Balaban J connectivity index is 2.82. The van der Waals surface area contributed by atoms with Crippen LogP contribution in [-0.4, -0.2) is 38.5 Å². The summed E-state index contributed by atoms with van der Waals surface area (Å²) in [6.07, 6.45) is 2.12. The number of likely N-dealkylation sites (N-methyl/N-ethyl adjacent to an activating group) is 1. The first kappa shape index (κ1) is 20.6. The summed E-state index contributed by atoms with van der Waals surface area (Å²) >= 11 is 0. The van der Waals surface area contributed by atoms with Crippen molar-refractivity contribution < 1.29 is 13.2 Å². The van der Waals surface area contributed by atoms with Crippen LogP contribution in [0, 0.1) is 11.8 Å². The largest absolute Gasteiger partial charge is 0.348 e. The van der Waals surface area contributed by atoms with Crippen LogP contribution in [0.25, 0.3) is 0 Å². The Hall–Kier alpha value is -1.40. The lowest BCUT2D eigenvalue weighted by Crippen LogP contribution is -2.40. The van der Waals surface area contributed by atoms with Crippen LogP contribution in [0.5, 0.6) is 0 Å². The number of benzene rings is 1. The number of nitrogens with one attached hydrogen (secondary N) is 1. The van der Waals surface area contributed by atoms with Crippen molar-refractivity contribution in [2.45, 2.75) is 40.2 Å². The Morgan fingerprint density at radius 1 is 1.12 bits per heavy atom. The lowest BCUT2D eigenvalue weighted by Gasteiger charge is -2.24. The summed E-state index contributed by atoms with van der Waals surface area (Å²) in [4.78, 5) is 12.2. The summed E-state index contributed by atoms with van der Waals surface area (Å²) < 4.78 is 23.9. The average Bonchev–Trinajstić information content (AvgIpc) is 2.44. The van der Waals surface area contributed by atoms with Crippen LogP contribution in [0.2, 0.25) is 0 Å². The fraction of sp³-hybridized carbons (Fsp3) is 0.611. The van der Waals surface area contributed by atoms with E-state index >= 15 is 0 Å². The minimum absolute atomic E-state index is 0.140. The fourth-order valence-electron chi connectivity index (χ4n) is 2.51. The first-order valence-corrected chi connectivity index (χ1v) is 10.1. The smallest absolute Gasteiger partial charge is 0.235 e. The number of nitrogens with zero attached hydrogens (tertiary/aromatic N) is 1. The van der Waals surface area contributed by atoms with Gasteiger partial charge in [0.1, 0.15) is 0 Å². The molecular formula is C18H30N2O3S. The minimum atomic E-state index is -3.36. The zero-order chi connectivity index (χ0) is 18.5. The zero-order valence-electron chi connectivity index (χ0n) is 15.5. The standard InChI is InChI=1S/C18H30N2O3S/c1-13(2)11-15-7-9-16(10-8-15)18(14(3)4)19-17(21)12-20(5)24(6,22)23/h7-10,13-14,18H,11-12H2,1-6H3,(H,19,21)/t18-/m0/s1. The number of amides is 1. The maximum Gasteiger partial charge on any atom is 0.235 e. The third kappa shape index (κ3) is 6.61. The van der Waals surface area contributed by atoms with Gasteiger partial charge in [0.25, 0.3) is 0 Å². The highest BCUT2D eigenvalue weighted by Gasteiger charge is 2.21. The van der Waals surface area contributed by atoms with Crippen LogP contribution in [0.4, 0.5) is 0 Å². The molecule has 0 saturated carbocycles. The molecule has 0 saturated heterocycles. The van der Waals surface area contributed by atoms with E-state index in [0.29, 0.717) is 5.92 Å². The number of hydrogen-bond acceptors (Lipinski definition) is 3. The first-order chi connectivity index (χ1) is 11.0. The predicted molar refractivity (Wildman–Crippen MR) is 98.2 cm³/mol. The molecule has 1 aromatic rings. The minimum Gasteiger partial charge on any atom is -0.348 e. The maximum atomic E-state index is 12.2. The topological polar surface area (TPSA) is 66.5 Å². The second-order valence-corrected chi connectivity index (χ2v) is 9.24. The van der Waals surface area contributed by atoms with Crippen LogP contribution in [0.15, 0.2) is 24.3 Å². The van der Waals surface area contributed by atoms with E-state index in [4.69, 9.17) is 0 Å². The predicted octanol–water partition coefficient (Wildman–Crippen LogP) is 2.59. The highest BCUT2D eigenvalue weighted by Crippen LogP contribution is 2.22. The second-order valence-electron chi connectivity index (χ2n) is 7.15. The van der Waals surface area contributed by atoms with E-state index in [1.165, 1.54) is 12.6 Å². The van der Waals surface area contributed by atoms with Gasteiger partial charge in [-0.05, 0) is 29.4 Å². The molecule has 0 heterocycles. The van der Waals surface area contributed by atoms with Crippen molar-refractivity contribution >= 4 is 15.9 Å². The molecule has 5 nitrogen and oxygen atoms in total. The van der Waals surface area contributed by atoms with E-state index < -0.39 is 10.0 Å². The summed E-state index contributed by atoms with van der Waals surface area (Å²) in [6, 6.07) is 8.14. The van der Waals surface area contributed by atoms with Crippen molar-refractivity contribution in [1.29, 1.82) is 0 Å². The molecule has 1 atom stereocenters. The lowest BCUT2D eigenvalue weighted by atomic mass is 9.93. The van der Waals surface area contributed by atoms with Gasteiger partial charge in [0.2, 0.25) is 15.9 Å². The molecule has 0 aliphatic heterocycles. The van der Waals surface area contributed by atoms with E-state index in [0.717, 1.165) is 22.5 Å². The molecule has 1 aromatic carbocycles. The summed E-state index contributed by atoms with van der Waals surface area (Å²) in [6.45, 7) is 8.26. The third-order valence-electron chi connectivity index (χ3n) is 3.90. The second kappa shape index (κ2) is 8.62. The average molecular weight is 355 g/mol. The van der Waals surface area contributed by atoms with Gasteiger partial charge in [0.05, 0.1) is 18.8 Å². The maximum absolute atomic E-state index is 12.2. The Bertz CT molecular complexity index is 637. The van der Waals surface area contributed by atoms with Gasteiger partial charge in [-0.2, -0.15) is 4.31 Å². The van der Waals surface area contributed by atoms with Crippen molar-refractivity contribution in [3.63, 3.8) is 0 Å². The van der Waals surface area contributed by atoms with Gasteiger partial charge in [-0.25, -0.2) is 8.42 Å². The van der Waals surface area contributed by atoms with Gasteiger partial charge in [0, 0.05) is 7.05 Å². The van der Waals surface area contributed by atoms with Crippen molar-refractivity contribution in [2.75, 3.05) is 19.8 Å². The molecule has 6 heteroatoms. The third-order valence-corrected chi connectivity index (χ3v) is 5.16. The molecule has 1 rings (SSSR count). The number of rotatable bonds is 8. The highest BCUT2D eigenvalue weighted by atomic mass is 32.2. The van der Waals surface area contributed by atoms with Crippen molar-refractivity contribution in [3.8, 4) is 0 Å². The Morgan fingerprint density at radius 3 is 2.08 bits per heavy atom. The molecule has 0 bridgehead atoms. The van der Waals surface area contributed by atoms with Crippen LogP contribution in [-0.2, 0) is 21.2 Å². The van der Waals surface area contributed by atoms with Gasteiger partial charge in [-0.15, -0.1) is 0 Å². The molecule has 0 radical (unpaired) electrons. The zero-order valence-corrected chi connectivity index (χ0v) is 16.4. The normalized spacial score (nSPS) is 13.5. The van der Waals surface area contributed by atoms with Crippen LogP contribution in [0.1, 0.15) is 44.9 Å². The number of carbonyl (C=O) groups is 1. The molecule has 0 aromatic heterocycles. The molecular weight excluding hydrogens is 324 g/mol. The quantitative estimate of drug-likeness (QED) is 0.780. The van der Waals surface area contributed by atoms with Crippen LogP contribution < -0.4 is 5.32 Å². The van der Waals surface area contributed by atoms with E-state index in [9.17, 15) is 13.2 Å². The van der Waals surface area contributed by atoms with Crippen LogP contribution >= 0.6 is 0 Å². The highest BCUT2D eigenvalue weighted by molar-refractivity contribution is 7.88. The first-order valence-electron chi connectivity index (χ1n) is 8.30. The van der Waals surface area contributed by atoms with Gasteiger partial charge in [0.15, 0.2) is 0 Å². The van der Waals surface area contributed by atoms with Gasteiger partial charge in [-0.3, -0.25) is 4.79 Å². The number of sulfonamides is 1. The van der Waals surface area contributed by atoms with E-state index in [1.807, 2.05) is 26.0 Å². The summed E-state index contributed by atoms with van der Waals surface area (Å²) in [5.41, 5.74) is 2.31. The molecule has 24 heavy (non-hydrogen) atoms. The van der Waals surface area contributed by atoms with Crippen molar-refractivity contribution in [1.82, 2.24) is 9.62 Å². The van der Waals surface area contributed by atoms with E-state index in [1.54, 1.807) is 0 Å². The molecule has 0 unspecified atom stereocenters. The van der Waals surface area contributed by atoms with Gasteiger partial charge in [-0.1, -0.05) is 52.0 Å². The summed E-state index contributed by atoms with van der Waals surface area (Å²) in [5.74, 6) is 0.504. The molecule has 0 aliphatic carbocycles. The molecule has 0 spiro atoms. The fourth-order valence-corrected chi connectivity index (χ4v) is 2.86. The molecule has 0 fully saturated rings. The summed E-state index contributed by atoms with van der Waals surface area (Å²) in [7, 11) is -1.96. The molecule has 1 amide bonds. The van der Waals surface area contributed by atoms with Crippen molar-refractivity contribution in [3.05, 3.63) is 35.4 Å². The summed E-state index contributed by atoms with van der Waals surface area (Å²) in [5, 5.41) is 2.95. The molecule has 0 aliphatic rings. The Labute approximate surface area is 146 Å². The van der Waals surface area contributed by atoms with Crippen molar-refractivity contribution in [2.24, 2.45) is 11.8 Å². The molecule has 136 valence electrons. The van der Waals surface area contributed by atoms with Gasteiger partial charge < -0.3 is 5.32 Å². The Kier molecular flexibility index (Phi) is 7.42. The number of carbonyl (C=O) groups excluding carboxylic acids is 1. The lowest BCUT2D eigenvalue weighted by molar-refractivity contribution is -0.122. The monoisotopic (exact) mass is 354 g/mol. The SMILES string of the molecule is CC(C)Cc1ccc([C@@H](NC(=O)CN(C)S(C)(=O)=O)C(C)C)cc1. The molecule has 1 N–H and O–H groups in total. The van der Waals surface area contributed by atoms with Gasteiger partial charge >= 0.3 is 0 Å².